The summed E-state index contributed by atoms with van der Waals surface area (Å²) < 4.78 is 0. The lowest BCUT2D eigenvalue weighted by Crippen LogP contribution is -2.25. The van der Waals surface area contributed by atoms with Crippen molar-refractivity contribution in [2.45, 2.75) is 0 Å². The molecule has 2 aromatic carbocycles. The van der Waals surface area contributed by atoms with Gasteiger partial charge in [0.2, 0.25) is 0 Å². The van der Waals surface area contributed by atoms with Gasteiger partial charge in [-0.25, -0.2) is 9.97 Å². The Morgan fingerprint density at radius 3 is 1.57 bits per heavy atom. The molecule has 3 rings (SSSR count). The highest BCUT2D eigenvalue weighted by atomic mass is 16.4. The van der Waals surface area contributed by atoms with Crippen LogP contribution < -0.4 is 5.11 Å². The zero-order valence-electron chi connectivity index (χ0n) is 11.1. The predicted octanol–water partition coefficient (Wildman–Crippen LogP) is 2.17. The second-order valence-electron chi connectivity index (χ2n) is 4.48. The van der Waals surface area contributed by atoms with Gasteiger partial charge in [0.1, 0.15) is 5.97 Å². The summed E-state index contributed by atoms with van der Waals surface area (Å²) in [4.78, 5) is 19.2. The van der Waals surface area contributed by atoms with Crippen molar-refractivity contribution in [2.24, 2.45) is 0 Å². The molecule has 1 heterocycles. The number of rotatable bonds is 3. The minimum atomic E-state index is -1.38. The van der Waals surface area contributed by atoms with E-state index in [0.29, 0.717) is 11.4 Å². The van der Waals surface area contributed by atoms with E-state index in [-0.39, 0.29) is 5.82 Å². The minimum Gasteiger partial charge on any atom is -0.542 e. The lowest BCUT2D eigenvalue weighted by atomic mass is 10.1. The van der Waals surface area contributed by atoms with E-state index in [1.54, 1.807) is 6.07 Å². The first-order valence-electron chi connectivity index (χ1n) is 6.45. The van der Waals surface area contributed by atoms with Gasteiger partial charge in [-0.3, -0.25) is 0 Å². The third-order valence-corrected chi connectivity index (χ3v) is 3.05. The topological polar surface area (TPSA) is 65.9 Å². The first kappa shape index (κ1) is 13.0. The molecule has 0 aliphatic heterocycles. The van der Waals surface area contributed by atoms with Crippen molar-refractivity contribution in [3.05, 3.63) is 72.6 Å². The monoisotopic (exact) mass is 275 g/mol. The Morgan fingerprint density at radius 1 is 0.762 bits per heavy atom. The van der Waals surface area contributed by atoms with Gasteiger partial charge in [-0.05, 0) is 6.07 Å². The molecule has 0 saturated heterocycles. The fourth-order valence-electron chi connectivity index (χ4n) is 2.05. The van der Waals surface area contributed by atoms with Gasteiger partial charge in [-0.2, -0.15) is 0 Å². The molecule has 4 nitrogen and oxygen atoms in total. The molecule has 0 saturated carbocycles. The zero-order chi connectivity index (χ0) is 14.7. The first-order valence-corrected chi connectivity index (χ1v) is 6.45. The fraction of sp³-hybridized carbons (Fsp3) is 0. The number of carbonyl (C=O) groups is 1. The Balaban J connectivity index is 2.18. The molecule has 0 N–H and O–H groups in total. The summed E-state index contributed by atoms with van der Waals surface area (Å²) in [5, 5.41) is 11.1. The van der Waals surface area contributed by atoms with Crippen molar-refractivity contribution in [2.75, 3.05) is 0 Å². The summed E-state index contributed by atoms with van der Waals surface area (Å²) in [6.45, 7) is 0. The second-order valence-corrected chi connectivity index (χ2v) is 4.48. The zero-order valence-corrected chi connectivity index (χ0v) is 11.1. The van der Waals surface area contributed by atoms with Crippen LogP contribution in [0.25, 0.3) is 22.5 Å². The largest absolute Gasteiger partial charge is 0.542 e. The maximum atomic E-state index is 11.1. The Morgan fingerprint density at radius 2 is 1.19 bits per heavy atom. The molecule has 0 aliphatic rings. The van der Waals surface area contributed by atoms with Crippen LogP contribution in [-0.4, -0.2) is 15.9 Å². The number of aromatic nitrogens is 2. The van der Waals surface area contributed by atoms with E-state index in [1.165, 1.54) is 0 Å². The molecule has 3 aromatic rings. The molecule has 0 unspecified atom stereocenters. The van der Waals surface area contributed by atoms with Crippen molar-refractivity contribution in [3.63, 3.8) is 0 Å². The average molecular weight is 275 g/mol. The molecule has 102 valence electrons. The molecule has 0 bridgehead atoms. The van der Waals surface area contributed by atoms with Crippen LogP contribution >= 0.6 is 0 Å². The van der Waals surface area contributed by atoms with E-state index in [1.807, 2.05) is 60.7 Å². The third-order valence-electron chi connectivity index (χ3n) is 3.05. The number of carboxylic acid groups (broad SMARTS) is 1. The highest BCUT2D eigenvalue weighted by molar-refractivity contribution is 5.83. The molecule has 0 amide bonds. The summed E-state index contributed by atoms with van der Waals surface area (Å²) in [6, 6.07) is 20.5. The van der Waals surface area contributed by atoms with E-state index in [9.17, 15) is 9.90 Å². The van der Waals surface area contributed by atoms with Gasteiger partial charge in [0, 0.05) is 11.1 Å². The maximum absolute atomic E-state index is 11.1. The van der Waals surface area contributed by atoms with Gasteiger partial charge < -0.3 is 9.90 Å². The van der Waals surface area contributed by atoms with Crippen LogP contribution in [0.3, 0.4) is 0 Å². The summed E-state index contributed by atoms with van der Waals surface area (Å²) in [5.74, 6) is -1.69. The predicted molar refractivity (Wildman–Crippen MR) is 77.2 cm³/mol. The van der Waals surface area contributed by atoms with Gasteiger partial charge in [0.25, 0.3) is 0 Å². The molecule has 21 heavy (non-hydrogen) atoms. The van der Waals surface area contributed by atoms with Crippen LogP contribution in [0.1, 0.15) is 10.6 Å². The standard InChI is InChI=1S/C17H12N2O2/c20-17(21)16-18-14(12-7-3-1-4-8-12)11-15(19-16)13-9-5-2-6-10-13/h1-11H,(H,20,21)/p-1. The summed E-state index contributed by atoms with van der Waals surface area (Å²) in [7, 11) is 0. The Hall–Kier alpha value is -3.01. The number of benzene rings is 2. The Labute approximate surface area is 121 Å². The lowest BCUT2D eigenvalue weighted by Gasteiger charge is -2.09. The number of nitrogens with zero attached hydrogens (tertiary/aromatic N) is 2. The molecular formula is C17H11N2O2-. The number of hydrogen-bond acceptors (Lipinski definition) is 4. The molecule has 0 atom stereocenters. The molecule has 0 fully saturated rings. The van der Waals surface area contributed by atoms with E-state index < -0.39 is 5.97 Å². The normalized spacial score (nSPS) is 10.3. The molecular weight excluding hydrogens is 264 g/mol. The van der Waals surface area contributed by atoms with Crippen LogP contribution in [0.4, 0.5) is 0 Å². The smallest absolute Gasteiger partial charge is 0.176 e. The number of carbonyl (C=O) groups excluding carboxylic acids is 1. The Bertz CT molecular complexity index is 714. The summed E-state index contributed by atoms with van der Waals surface area (Å²) in [6.07, 6.45) is 0. The quantitative estimate of drug-likeness (QED) is 0.734. The molecule has 0 radical (unpaired) electrons. The van der Waals surface area contributed by atoms with Gasteiger partial charge in [0.15, 0.2) is 5.82 Å². The van der Waals surface area contributed by atoms with E-state index in [0.717, 1.165) is 11.1 Å². The summed E-state index contributed by atoms with van der Waals surface area (Å²) in [5.41, 5.74) is 2.78. The number of hydrogen-bond donors (Lipinski definition) is 0. The minimum absolute atomic E-state index is 0.310. The molecule has 0 aliphatic carbocycles. The van der Waals surface area contributed by atoms with Crippen molar-refractivity contribution < 1.29 is 9.90 Å². The van der Waals surface area contributed by atoms with Crippen molar-refractivity contribution in [1.82, 2.24) is 9.97 Å². The van der Waals surface area contributed by atoms with Gasteiger partial charge in [-0.15, -0.1) is 0 Å². The van der Waals surface area contributed by atoms with Crippen molar-refractivity contribution in [1.29, 1.82) is 0 Å². The van der Waals surface area contributed by atoms with Crippen LogP contribution in [0.5, 0.6) is 0 Å². The van der Waals surface area contributed by atoms with E-state index in [4.69, 9.17) is 0 Å². The average Bonchev–Trinajstić information content (AvgIpc) is 2.56. The van der Waals surface area contributed by atoms with Crippen LogP contribution in [-0.2, 0) is 0 Å². The first-order chi connectivity index (χ1) is 10.2. The molecule has 4 heteroatoms. The molecule has 0 spiro atoms. The van der Waals surface area contributed by atoms with Crippen LogP contribution in [0.2, 0.25) is 0 Å². The van der Waals surface area contributed by atoms with Gasteiger partial charge >= 0.3 is 0 Å². The SMILES string of the molecule is O=C([O-])c1nc(-c2ccccc2)cc(-c2ccccc2)n1. The number of carboxylic acids is 1. The van der Waals surface area contributed by atoms with E-state index >= 15 is 0 Å². The molecule has 1 aromatic heterocycles. The second kappa shape index (κ2) is 5.54. The summed E-state index contributed by atoms with van der Waals surface area (Å²) >= 11 is 0. The maximum Gasteiger partial charge on any atom is 0.176 e. The highest BCUT2D eigenvalue weighted by Gasteiger charge is 2.08. The fourth-order valence-corrected chi connectivity index (χ4v) is 2.05. The highest BCUT2D eigenvalue weighted by Crippen LogP contribution is 2.23. The van der Waals surface area contributed by atoms with Gasteiger partial charge in [0.05, 0.1) is 11.4 Å². The lowest BCUT2D eigenvalue weighted by molar-refractivity contribution is -0.256. The number of aromatic carboxylic acids is 1. The van der Waals surface area contributed by atoms with Gasteiger partial charge in [-0.1, -0.05) is 60.7 Å². The van der Waals surface area contributed by atoms with Crippen LogP contribution in [0.15, 0.2) is 66.7 Å². The van der Waals surface area contributed by atoms with Crippen molar-refractivity contribution in [3.8, 4) is 22.5 Å². The van der Waals surface area contributed by atoms with Crippen molar-refractivity contribution >= 4 is 5.97 Å². The van der Waals surface area contributed by atoms with Crippen LogP contribution in [0, 0.1) is 0 Å². The Kier molecular flexibility index (Phi) is 3.43. The third kappa shape index (κ3) is 2.79. The van der Waals surface area contributed by atoms with E-state index in [2.05, 4.69) is 9.97 Å².